The monoisotopic (exact) mass is 486 g/mol. The molecule has 0 bridgehead atoms. The Hall–Kier alpha value is -1.51. The number of furan rings is 1. The number of alkyl halides is 1. The van der Waals surface area contributed by atoms with Gasteiger partial charge in [-0.3, -0.25) is 0 Å². The van der Waals surface area contributed by atoms with Crippen molar-refractivity contribution in [3.8, 4) is 0 Å². The van der Waals surface area contributed by atoms with Crippen molar-refractivity contribution >= 4 is 49.3 Å². The quantitative estimate of drug-likeness (QED) is 0.616. The first-order chi connectivity index (χ1) is 13.3. The van der Waals surface area contributed by atoms with Gasteiger partial charge in [0.15, 0.2) is 0 Å². The number of aryl methyl sites for hydroxylation is 1. The molecule has 9 heteroatoms. The molecule has 1 aromatic carbocycles. The minimum absolute atomic E-state index is 0.277. The van der Waals surface area contributed by atoms with E-state index in [1.54, 1.807) is 6.92 Å². The second-order valence-corrected chi connectivity index (χ2v) is 9.73. The molecule has 0 unspecified atom stereocenters. The minimum atomic E-state index is -4.10. The maximum absolute atomic E-state index is 12.6. The van der Waals surface area contributed by atoms with Gasteiger partial charge in [0.1, 0.15) is 5.76 Å². The van der Waals surface area contributed by atoms with Gasteiger partial charge in [-0.2, -0.15) is 8.42 Å². The van der Waals surface area contributed by atoms with Crippen molar-refractivity contribution in [1.82, 2.24) is 4.72 Å². The van der Waals surface area contributed by atoms with E-state index in [2.05, 4.69) is 26.0 Å². The first-order valence-electron chi connectivity index (χ1n) is 9.16. The van der Waals surface area contributed by atoms with Gasteiger partial charge in [-0.25, -0.2) is 9.52 Å². The Balaban J connectivity index is 1.61. The number of urea groups is 1. The van der Waals surface area contributed by atoms with Crippen LogP contribution in [0.3, 0.4) is 0 Å². The third kappa shape index (κ3) is 3.35. The van der Waals surface area contributed by atoms with Crippen LogP contribution in [0, 0.1) is 6.92 Å². The summed E-state index contributed by atoms with van der Waals surface area (Å²) < 4.78 is 32.5. The fourth-order valence-electron chi connectivity index (χ4n) is 4.10. The molecule has 2 aliphatic rings. The number of sulfonamides is 1. The van der Waals surface area contributed by atoms with Crippen molar-refractivity contribution in [3.05, 3.63) is 44.7 Å². The van der Waals surface area contributed by atoms with Crippen LogP contribution in [-0.4, -0.2) is 14.4 Å². The van der Waals surface area contributed by atoms with Crippen LogP contribution in [0.4, 0.5) is 10.5 Å². The van der Waals surface area contributed by atoms with E-state index in [1.165, 1.54) is 6.07 Å². The summed E-state index contributed by atoms with van der Waals surface area (Å²) in [6, 6.07) is 0.615. The lowest BCUT2D eigenvalue weighted by molar-refractivity contribution is 0.256. The summed E-state index contributed by atoms with van der Waals surface area (Å²) in [6.07, 6.45) is 5.39. The molecule has 6 nitrogen and oxygen atoms in total. The molecule has 0 fully saturated rings. The van der Waals surface area contributed by atoms with Crippen LogP contribution < -0.4 is 10.0 Å². The maximum atomic E-state index is 12.6. The number of carbonyl (C=O) groups excluding carboxylic acids is 1. The summed E-state index contributed by atoms with van der Waals surface area (Å²) in [5.74, 6) is 0.508. The molecule has 2 aliphatic carbocycles. The van der Waals surface area contributed by atoms with Crippen molar-refractivity contribution in [1.29, 1.82) is 0 Å². The Labute approximate surface area is 177 Å². The predicted octanol–water partition coefficient (Wildman–Crippen LogP) is 4.62. The van der Waals surface area contributed by atoms with Crippen molar-refractivity contribution in [2.45, 2.75) is 55.9 Å². The molecule has 2 aromatic rings. The molecule has 2 amide bonds. The number of hydrogen-bond donors (Lipinski definition) is 2. The average Bonchev–Trinajstić information content (AvgIpc) is 3.37. The summed E-state index contributed by atoms with van der Waals surface area (Å²) in [5.41, 5.74) is 5.68. The van der Waals surface area contributed by atoms with Gasteiger partial charge in [0, 0.05) is 16.8 Å². The Bertz CT molecular complexity index is 1040. The predicted molar refractivity (Wildman–Crippen MR) is 111 cm³/mol. The van der Waals surface area contributed by atoms with E-state index in [-0.39, 0.29) is 5.09 Å². The van der Waals surface area contributed by atoms with E-state index < -0.39 is 16.1 Å². The highest BCUT2D eigenvalue weighted by Gasteiger charge is 2.30. The van der Waals surface area contributed by atoms with Crippen LogP contribution in [0.2, 0.25) is 5.02 Å². The zero-order chi connectivity index (χ0) is 20.1. The van der Waals surface area contributed by atoms with Crippen LogP contribution in [0.5, 0.6) is 0 Å². The van der Waals surface area contributed by atoms with Gasteiger partial charge in [-0.1, -0.05) is 27.5 Å². The van der Waals surface area contributed by atoms with Gasteiger partial charge in [-0.05, 0) is 73.3 Å². The Kier molecular flexibility index (Phi) is 5.22. The zero-order valence-electron chi connectivity index (χ0n) is 15.3. The van der Waals surface area contributed by atoms with Crippen molar-refractivity contribution in [2.24, 2.45) is 0 Å². The number of anilines is 1. The summed E-state index contributed by atoms with van der Waals surface area (Å²) >= 11 is 9.83. The average molecular weight is 488 g/mol. The molecule has 4 rings (SSSR count). The first kappa shape index (κ1) is 19.8. The molecule has 0 saturated heterocycles. The largest absolute Gasteiger partial charge is 0.447 e. The van der Waals surface area contributed by atoms with Crippen molar-refractivity contribution < 1.29 is 17.6 Å². The van der Waals surface area contributed by atoms with Crippen LogP contribution >= 0.6 is 27.5 Å². The highest BCUT2D eigenvalue weighted by molar-refractivity contribution is 9.08. The molecule has 0 radical (unpaired) electrons. The highest BCUT2D eigenvalue weighted by atomic mass is 79.9. The molecule has 0 saturated carbocycles. The number of rotatable bonds is 4. The van der Waals surface area contributed by atoms with Gasteiger partial charge < -0.3 is 9.73 Å². The van der Waals surface area contributed by atoms with Crippen molar-refractivity contribution in [3.63, 3.8) is 0 Å². The number of halogens is 2. The molecule has 1 heterocycles. The van der Waals surface area contributed by atoms with Crippen LogP contribution in [0.1, 0.15) is 46.4 Å². The smallest absolute Gasteiger partial charge is 0.333 e. The van der Waals surface area contributed by atoms with Gasteiger partial charge in [0.25, 0.3) is 10.0 Å². The normalized spacial score (nSPS) is 15.4. The second-order valence-electron chi connectivity index (χ2n) is 7.18. The van der Waals surface area contributed by atoms with Crippen molar-refractivity contribution in [2.75, 3.05) is 5.32 Å². The number of hydrogen-bond acceptors (Lipinski definition) is 4. The van der Waals surface area contributed by atoms with Crippen LogP contribution in [0.25, 0.3) is 0 Å². The van der Waals surface area contributed by atoms with E-state index >= 15 is 0 Å². The van der Waals surface area contributed by atoms with Gasteiger partial charge in [0.05, 0.1) is 5.33 Å². The topological polar surface area (TPSA) is 88.4 Å². The van der Waals surface area contributed by atoms with Crippen LogP contribution in [0.15, 0.2) is 15.6 Å². The van der Waals surface area contributed by atoms with E-state index in [0.717, 1.165) is 71.5 Å². The Morgan fingerprint density at radius 3 is 2.25 bits per heavy atom. The van der Waals surface area contributed by atoms with Gasteiger partial charge >= 0.3 is 6.03 Å². The summed E-state index contributed by atoms with van der Waals surface area (Å²) in [5, 5.41) is 3.73. The van der Waals surface area contributed by atoms with E-state index in [0.29, 0.717) is 16.7 Å². The summed E-state index contributed by atoms with van der Waals surface area (Å²) in [6.45, 7) is 1.75. The van der Waals surface area contributed by atoms with Gasteiger partial charge in [0.2, 0.25) is 5.09 Å². The lowest BCUT2D eigenvalue weighted by atomic mass is 9.98. The maximum Gasteiger partial charge on any atom is 0.333 e. The lowest BCUT2D eigenvalue weighted by Crippen LogP contribution is -2.34. The molecule has 150 valence electrons. The third-order valence-electron chi connectivity index (χ3n) is 5.42. The minimum Gasteiger partial charge on any atom is -0.447 e. The molecule has 28 heavy (non-hydrogen) atoms. The lowest BCUT2D eigenvalue weighted by Gasteiger charge is -2.18. The Morgan fingerprint density at radius 1 is 1.14 bits per heavy atom. The number of carbonyl (C=O) groups is 1. The molecular formula is C19H20BrClN2O4S. The van der Waals surface area contributed by atoms with Crippen LogP contribution in [-0.2, 0) is 41.0 Å². The molecule has 2 N–H and O–H groups in total. The molecule has 0 spiro atoms. The molecule has 1 aromatic heterocycles. The number of benzene rings is 1. The van der Waals surface area contributed by atoms with E-state index in [1.807, 2.05) is 0 Å². The summed E-state index contributed by atoms with van der Waals surface area (Å²) in [4.78, 5) is 12.6. The van der Waals surface area contributed by atoms with E-state index in [4.69, 9.17) is 16.0 Å². The fourth-order valence-corrected chi connectivity index (χ4v) is 6.02. The summed E-state index contributed by atoms with van der Waals surface area (Å²) in [7, 11) is -4.10. The number of amides is 2. The number of fused-ring (bicyclic) bond motifs is 2. The molecule has 0 aliphatic heterocycles. The van der Waals surface area contributed by atoms with E-state index in [9.17, 15) is 13.2 Å². The standard InChI is InChI=1S/C19H20BrClN2O4S/c1-10-8-16(27-15(10)9-20)28(25,26)23-19(24)22-18-13-6-2-4-11(13)17(21)12-5-3-7-14(12)18/h8H,2-7,9H2,1H3,(H2,22,23,24). The Morgan fingerprint density at radius 2 is 1.71 bits per heavy atom. The number of nitrogens with one attached hydrogen (secondary N) is 2. The second kappa shape index (κ2) is 7.39. The third-order valence-corrected chi connectivity index (χ3v) is 7.57. The SMILES string of the molecule is Cc1cc(S(=O)(=O)NC(=O)Nc2c3c(c(Cl)c4c2CCC4)CCC3)oc1CBr. The zero-order valence-corrected chi connectivity index (χ0v) is 18.5. The van der Waals surface area contributed by atoms with Gasteiger partial charge in [-0.15, -0.1) is 0 Å². The molecule has 0 atom stereocenters. The molecular weight excluding hydrogens is 468 g/mol. The first-order valence-corrected chi connectivity index (χ1v) is 12.1. The highest BCUT2D eigenvalue weighted by Crippen LogP contribution is 2.44. The fraction of sp³-hybridized carbons (Fsp3) is 0.421.